The molecule has 1 aromatic carbocycles. The lowest BCUT2D eigenvalue weighted by Crippen LogP contribution is -2.07. The van der Waals surface area contributed by atoms with Gasteiger partial charge in [-0.25, -0.2) is 9.37 Å². The fourth-order valence-electron chi connectivity index (χ4n) is 1.81. The van der Waals surface area contributed by atoms with Gasteiger partial charge in [0.1, 0.15) is 10.8 Å². The van der Waals surface area contributed by atoms with Crippen molar-refractivity contribution < 1.29 is 17.6 Å². The molecule has 0 aliphatic carbocycles. The van der Waals surface area contributed by atoms with E-state index in [9.17, 15) is 17.6 Å². The third-order valence-corrected chi connectivity index (χ3v) is 3.94. The first-order chi connectivity index (χ1) is 9.32. The van der Waals surface area contributed by atoms with Crippen LogP contribution in [0, 0.1) is 12.7 Å². The van der Waals surface area contributed by atoms with Gasteiger partial charge in [0, 0.05) is 17.0 Å². The van der Waals surface area contributed by atoms with Crippen LogP contribution in [-0.2, 0) is 12.7 Å². The zero-order valence-corrected chi connectivity index (χ0v) is 11.6. The average molecular weight is 304 g/mol. The molecule has 0 radical (unpaired) electrons. The first-order valence-corrected chi connectivity index (χ1v) is 6.62. The van der Waals surface area contributed by atoms with Crippen molar-refractivity contribution in [2.75, 3.05) is 7.05 Å². The van der Waals surface area contributed by atoms with Crippen molar-refractivity contribution >= 4 is 11.3 Å². The minimum Gasteiger partial charge on any atom is -0.315 e. The monoisotopic (exact) mass is 304 g/mol. The fraction of sp³-hybridized carbons (Fsp3) is 0.308. The molecule has 0 saturated carbocycles. The van der Waals surface area contributed by atoms with E-state index >= 15 is 0 Å². The summed E-state index contributed by atoms with van der Waals surface area (Å²) in [4.78, 5) is 5.02. The maximum absolute atomic E-state index is 13.1. The van der Waals surface area contributed by atoms with E-state index < -0.39 is 17.6 Å². The van der Waals surface area contributed by atoms with E-state index in [0.29, 0.717) is 18.3 Å². The van der Waals surface area contributed by atoms with Gasteiger partial charge in [0.05, 0.1) is 11.3 Å². The maximum Gasteiger partial charge on any atom is 0.417 e. The van der Waals surface area contributed by atoms with Gasteiger partial charge in [-0.15, -0.1) is 11.3 Å². The molecule has 0 amide bonds. The topological polar surface area (TPSA) is 24.9 Å². The summed E-state index contributed by atoms with van der Waals surface area (Å²) in [6, 6.07) is 2.64. The van der Waals surface area contributed by atoms with Crippen LogP contribution in [0.15, 0.2) is 18.2 Å². The van der Waals surface area contributed by atoms with Crippen LogP contribution in [0.1, 0.15) is 16.1 Å². The summed E-state index contributed by atoms with van der Waals surface area (Å²) in [6.07, 6.45) is -4.61. The maximum atomic E-state index is 13.1. The third kappa shape index (κ3) is 2.99. The van der Waals surface area contributed by atoms with E-state index in [0.717, 1.165) is 17.0 Å². The Bertz CT molecular complexity index is 619. The molecule has 108 valence electrons. The van der Waals surface area contributed by atoms with Gasteiger partial charge in [-0.1, -0.05) is 0 Å². The van der Waals surface area contributed by atoms with Gasteiger partial charge in [-0.3, -0.25) is 0 Å². The number of rotatable bonds is 3. The molecular formula is C13H12F4N2S. The lowest BCUT2D eigenvalue weighted by atomic mass is 10.1. The van der Waals surface area contributed by atoms with Gasteiger partial charge in [-0.2, -0.15) is 13.2 Å². The van der Waals surface area contributed by atoms with Crippen LogP contribution in [0.2, 0.25) is 0 Å². The highest BCUT2D eigenvalue weighted by Gasteiger charge is 2.35. The van der Waals surface area contributed by atoms with Gasteiger partial charge in [0.15, 0.2) is 0 Å². The summed E-state index contributed by atoms with van der Waals surface area (Å²) < 4.78 is 52.0. The molecule has 0 bridgehead atoms. The van der Waals surface area contributed by atoms with Crippen molar-refractivity contribution in [3.63, 3.8) is 0 Å². The van der Waals surface area contributed by atoms with Crippen molar-refractivity contribution in [3.8, 4) is 10.6 Å². The molecule has 1 N–H and O–H groups in total. The number of alkyl halides is 3. The van der Waals surface area contributed by atoms with Crippen LogP contribution in [0.5, 0.6) is 0 Å². The van der Waals surface area contributed by atoms with Crippen LogP contribution in [0.3, 0.4) is 0 Å². The molecule has 0 aliphatic heterocycles. The predicted molar refractivity (Wildman–Crippen MR) is 70.0 cm³/mol. The molecule has 1 aromatic heterocycles. The van der Waals surface area contributed by atoms with E-state index in [1.54, 1.807) is 14.0 Å². The Kier molecular flexibility index (Phi) is 4.10. The van der Waals surface area contributed by atoms with E-state index in [4.69, 9.17) is 0 Å². The Morgan fingerprint density at radius 1 is 1.30 bits per heavy atom. The molecule has 0 saturated heterocycles. The normalized spacial score (nSPS) is 11.9. The molecule has 7 heteroatoms. The lowest BCUT2D eigenvalue weighted by molar-refractivity contribution is -0.137. The number of halogens is 4. The Labute approximate surface area is 117 Å². The van der Waals surface area contributed by atoms with E-state index in [1.165, 1.54) is 11.3 Å². The van der Waals surface area contributed by atoms with Crippen LogP contribution in [-0.4, -0.2) is 12.0 Å². The summed E-state index contributed by atoms with van der Waals surface area (Å²) >= 11 is 1.18. The number of hydrogen-bond donors (Lipinski definition) is 1. The Hall–Kier alpha value is -1.47. The predicted octanol–water partition coefficient (Wildman–Crippen LogP) is 4.00. The zero-order chi connectivity index (χ0) is 14.9. The van der Waals surface area contributed by atoms with Gasteiger partial charge < -0.3 is 5.32 Å². The Balaban J connectivity index is 2.55. The second kappa shape index (κ2) is 5.49. The summed E-state index contributed by atoms with van der Waals surface area (Å²) in [5, 5.41) is 3.18. The molecule has 0 fully saturated rings. The molecule has 0 atom stereocenters. The minimum absolute atomic E-state index is 0.0886. The number of aryl methyl sites for hydroxylation is 1. The smallest absolute Gasteiger partial charge is 0.315 e. The molecule has 2 rings (SSSR count). The number of aromatic nitrogens is 1. The third-order valence-electron chi connectivity index (χ3n) is 2.75. The van der Waals surface area contributed by atoms with Gasteiger partial charge in [-0.05, 0) is 32.2 Å². The van der Waals surface area contributed by atoms with Crippen molar-refractivity contribution in [1.29, 1.82) is 0 Å². The lowest BCUT2D eigenvalue weighted by Gasteiger charge is -2.11. The molecule has 1 heterocycles. The molecule has 0 unspecified atom stereocenters. The van der Waals surface area contributed by atoms with Crippen molar-refractivity contribution in [2.45, 2.75) is 19.6 Å². The summed E-state index contributed by atoms with van der Waals surface area (Å²) in [5.41, 5.74) is -0.409. The summed E-state index contributed by atoms with van der Waals surface area (Å²) in [6.45, 7) is 2.27. The second-order valence-electron chi connectivity index (χ2n) is 4.25. The van der Waals surface area contributed by atoms with Gasteiger partial charge in [0.25, 0.3) is 0 Å². The zero-order valence-electron chi connectivity index (χ0n) is 10.8. The van der Waals surface area contributed by atoms with Crippen LogP contribution >= 0.6 is 11.3 Å². The minimum atomic E-state index is -4.61. The van der Waals surface area contributed by atoms with Gasteiger partial charge >= 0.3 is 6.18 Å². The second-order valence-corrected chi connectivity index (χ2v) is 5.33. The first-order valence-electron chi connectivity index (χ1n) is 5.81. The van der Waals surface area contributed by atoms with E-state index in [1.807, 2.05) is 0 Å². The Morgan fingerprint density at radius 3 is 2.60 bits per heavy atom. The SMILES string of the molecule is CNCc1sc(-c2ccc(F)cc2C(F)(F)F)nc1C. The first kappa shape index (κ1) is 14.9. The van der Waals surface area contributed by atoms with E-state index in [2.05, 4.69) is 10.3 Å². The number of thiazole rings is 1. The number of benzene rings is 1. The number of nitrogens with zero attached hydrogens (tertiary/aromatic N) is 1. The van der Waals surface area contributed by atoms with Crippen LogP contribution in [0.25, 0.3) is 10.6 Å². The largest absolute Gasteiger partial charge is 0.417 e. The molecule has 2 aromatic rings. The Morgan fingerprint density at radius 2 is 2.00 bits per heavy atom. The summed E-state index contributed by atoms with van der Waals surface area (Å²) in [5.74, 6) is -0.912. The molecule has 0 spiro atoms. The molecule has 2 nitrogen and oxygen atoms in total. The fourth-order valence-corrected chi connectivity index (χ4v) is 2.92. The highest BCUT2D eigenvalue weighted by molar-refractivity contribution is 7.15. The van der Waals surface area contributed by atoms with Crippen molar-refractivity contribution in [2.24, 2.45) is 0 Å². The van der Waals surface area contributed by atoms with Crippen molar-refractivity contribution in [3.05, 3.63) is 40.2 Å². The molecular weight excluding hydrogens is 292 g/mol. The van der Waals surface area contributed by atoms with Gasteiger partial charge in [0.2, 0.25) is 0 Å². The highest BCUT2D eigenvalue weighted by Crippen LogP contribution is 2.39. The van der Waals surface area contributed by atoms with Crippen molar-refractivity contribution in [1.82, 2.24) is 10.3 Å². The quantitative estimate of drug-likeness (QED) is 0.867. The number of nitrogens with one attached hydrogen (secondary N) is 1. The summed E-state index contributed by atoms with van der Waals surface area (Å²) in [7, 11) is 1.75. The standard InChI is InChI=1S/C13H12F4N2S/c1-7-11(6-18-2)20-12(19-7)9-4-3-8(14)5-10(9)13(15,16)17/h3-5,18H,6H2,1-2H3. The number of hydrogen-bond acceptors (Lipinski definition) is 3. The van der Waals surface area contributed by atoms with Crippen LogP contribution < -0.4 is 5.32 Å². The average Bonchev–Trinajstić information content (AvgIpc) is 2.70. The molecule has 20 heavy (non-hydrogen) atoms. The molecule has 0 aliphatic rings. The van der Waals surface area contributed by atoms with E-state index in [-0.39, 0.29) is 10.6 Å². The highest BCUT2D eigenvalue weighted by atomic mass is 32.1. The van der Waals surface area contributed by atoms with Crippen LogP contribution in [0.4, 0.5) is 17.6 Å².